The van der Waals surface area contributed by atoms with E-state index >= 15 is 0 Å². The summed E-state index contributed by atoms with van der Waals surface area (Å²) < 4.78 is 5.66. The number of hydrogen-bond acceptors (Lipinski definition) is 2. The van der Waals surface area contributed by atoms with Crippen molar-refractivity contribution in [1.29, 1.82) is 0 Å². The van der Waals surface area contributed by atoms with Crippen LogP contribution in [0.15, 0.2) is 48.5 Å². The van der Waals surface area contributed by atoms with E-state index in [4.69, 9.17) is 4.74 Å². The third-order valence-corrected chi connectivity index (χ3v) is 3.05. The van der Waals surface area contributed by atoms with Crippen LogP contribution in [0.3, 0.4) is 0 Å². The Morgan fingerprint density at radius 3 is 2.76 bits per heavy atom. The van der Waals surface area contributed by atoms with Gasteiger partial charge in [-0.15, -0.1) is 0 Å². The molecular formula is C15H15NO. The average Bonchev–Trinajstić information content (AvgIpc) is 2.73. The van der Waals surface area contributed by atoms with Crippen LogP contribution in [-0.2, 0) is 6.54 Å². The zero-order valence-electron chi connectivity index (χ0n) is 9.89. The molecule has 1 aliphatic heterocycles. The highest BCUT2D eigenvalue weighted by Crippen LogP contribution is 2.35. The van der Waals surface area contributed by atoms with Crippen LogP contribution < -0.4 is 9.64 Å². The maximum absolute atomic E-state index is 5.66. The topological polar surface area (TPSA) is 12.5 Å². The molecule has 0 unspecified atom stereocenters. The first kappa shape index (κ1) is 10.2. The smallest absolute Gasteiger partial charge is 0.162 e. The van der Waals surface area contributed by atoms with Gasteiger partial charge in [0.2, 0.25) is 0 Å². The van der Waals surface area contributed by atoms with Crippen LogP contribution in [0.2, 0.25) is 0 Å². The molecule has 0 atom stereocenters. The molecule has 0 saturated heterocycles. The zero-order chi connectivity index (χ0) is 11.7. The van der Waals surface area contributed by atoms with Crippen LogP contribution in [0.25, 0.3) is 0 Å². The molecule has 1 aliphatic rings. The molecule has 0 bridgehead atoms. The van der Waals surface area contributed by atoms with Crippen molar-refractivity contribution in [3.63, 3.8) is 0 Å². The molecule has 3 rings (SSSR count). The Balaban J connectivity index is 1.86. The quantitative estimate of drug-likeness (QED) is 0.777. The summed E-state index contributed by atoms with van der Waals surface area (Å²) in [6.45, 7) is 3.66. The number of nitrogens with zero attached hydrogens (tertiary/aromatic N) is 1. The summed E-state index contributed by atoms with van der Waals surface area (Å²) in [6, 6.07) is 16.8. The monoisotopic (exact) mass is 225 g/mol. The predicted octanol–water partition coefficient (Wildman–Crippen LogP) is 3.35. The van der Waals surface area contributed by atoms with E-state index in [-0.39, 0.29) is 0 Å². The van der Waals surface area contributed by atoms with Crippen LogP contribution in [0.5, 0.6) is 5.75 Å². The summed E-state index contributed by atoms with van der Waals surface area (Å²) in [5.74, 6) is 0.992. The van der Waals surface area contributed by atoms with E-state index in [2.05, 4.69) is 54.3 Å². The highest BCUT2D eigenvalue weighted by atomic mass is 16.5. The predicted molar refractivity (Wildman–Crippen MR) is 69.3 cm³/mol. The van der Waals surface area contributed by atoms with Crippen molar-refractivity contribution in [2.24, 2.45) is 0 Å². The first-order valence-electron chi connectivity index (χ1n) is 5.85. The van der Waals surface area contributed by atoms with Gasteiger partial charge >= 0.3 is 0 Å². The third kappa shape index (κ3) is 1.98. The molecule has 2 heteroatoms. The van der Waals surface area contributed by atoms with Gasteiger partial charge in [-0.25, -0.2) is 0 Å². The van der Waals surface area contributed by atoms with Crippen molar-refractivity contribution in [2.75, 3.05) is 11.6 Å². The summed E-state index contributed by atoms with van der Waals surface area (Å²) in [6.07, 6.45) is 0. The van der Waals surface area contributed by atoms with Gasteiger partial charge in [0.15, 0.2) is 6.73 Å². The van der Waals surface area contributed by atoms with Crippen LogP contribution in [-0.4, -0.2) is 6.73 Å². The fraction of sp³-hybridized carbons (Fsp3) is 0.200. The number of aryl methyl sites for hydroxylation is 1. The third-order valence-electron chi connectivity index (χ3n) is 3.05. The molecule has 0 radical (unpaired) electrons. The van der Waals surface area contributed by atoms with E-state index in [1.807, 2.05) is 6.07 Å². The van der Waals surface area contributed by atoms with Crippen molar-refractivity contribution < 1.29 is 4.74 Å². The van der Waals surface area contributed by atoms with E-state index in [0.29, 0.717) is 6.73 Å². The lowest BCUT2D eigenvalue weighted by atomic mass is 10.1. The van der Waals surface area contributed by atoms with Crippen molar-refractivity contribution in [3.05, 3.63) is 59.7 Å². The Labute approximate surface area is 101 Å². The van der Waals surface area contributed by atoms with Gasteiger partial charge in [-0.2, -0.15) is 0 Å². The molecule has 1 heterocycles. The molecular weight excluding hydrogens is 210 g/mol. The second kappa shape index (κ2) is 4.13. The normalized spacial score (nSPS) is 13.4. The second-order valence-corrected chi connectivity index (χ2v) is 4.43. The van der Waals surface area contributed by atoms with Gasteiger partial charge in [-0.1, -0.05) is 36.4 Å². The van der Waals surface area contributed by atoms with Gasteiger partial charge in [-0.05, 0) is 30.2 Å². The number of rotatable bonds is 2. The Kier molecular flexibility index (Phi) is 2.48. The molecule has 0 amide bonds. The van der Waals surface area contributed by atoms with Gasteiger partial charge in [0.05, 0.1) is 5.69 Å². The summed E-state index contributed by atoms with van der Waals surface area (Å²) in [4.78, 5) is 2.26. The molecule has 0 aliphatic carbocycles. The Morgan fingerprint density at radius 2 is 1.94 bits per heavy atom. The minimum Gasteiger partial charge on any atom is -0.471 e. The Hall–Kier alpha value is -1.96. The Morgan fingerprint density at radius 1 is 1.12 bits per heavy atom. The van der Waals surface area contributed by atoms with E-state index in [1.165, 1.54) is 16.8 Å². The Bertz CT molecular complexity index is 522. The van der Waals surface area contributed by atoms with Crippen LogP contribution >= 0.6 is 0 Å². The summed E-state index contributed by atoms with van der Waals surface area (Å²) in [7, 11) is 0. The highest BCUT2D eigenvalue weighted by Gasteiger charge is 2.20. The van der Waals surface area contributed by atoms with E-state index in [0.717, 1.165) is 12.3 Å². The highest BCUT2D eigenvalue weighted by molar-refractivity contribution is 5.62. The molecule has 2 aromatic rings. The number of ether oxygens (including phenoxy) is 1. The molecule has 17 heavy (non-hydrogen) atoms. The van der Waals surface area contributed by atoms with E-state index < -0.39 is 0 Å². The number of hydrogen-bond donors (Lipinski definition) is 0. The van der Waals surface area contributed by atoms with Crippen LogP contribution in [0.1, 0.15) is 11.1 Å². The molecule has 0 fully saturated rings. The summed E-state index contributed by atoms with van der Waals surface area (Å²) in [5, 5.41) is 0. The van der Waals surface area contributed by atoms with Crippen molar-refractivity contribution in [3.8, 4) is 5.75 Å². The molecule has 2 aromatic carbocycles. The number of benzene rings is 2. The molecule has 0 aromatic heterocycles. The van der Waals surface area contributed by atoms with Gasteiger partial charge in [0.1, 0.15) is 5.75 Å². The van der Waals surface area contributed by atoms with E-state index in [1.54, 1.807) is 0 Å². The fourth-order valence-corrected chi connectivity index (χ4v) is 2.15. The summed E-state index contributed by atoms with van der Waals surface area (Å²) in [5.41, 5.74) is 3.78. The maximum atomic E-state index is 5.66. The van der Waals surface area contributed by atoms with Crippen LogP contribution in [0.4, 0.5) is 5.69 Å². The lowest BCUT2D eigenvalue weighted by molar-refractivity contribution is 0.345. The first-order chi connectivity index (χ1) is 8.33. The molecule has 2 nitrogen and oxygen atoms in total. The van der Waals surface area contributed by atoms with Crippen LogP contribution in [0, 0.1) is 6.92 Å². The minimum atomic E-state index is 0.647. The zero-order valence-corrected chi connectivity index (χ0v) is 9.89. The van der Waals surface area contributed by atoms with Gasteiger partial charge in [0.25, 0.3) is 0 Å². The van der Waals surface area contributed by atoms with Crippen molar-refractivity contribution >= 4 is 5.69 Å². The first-order valence-corrected chi connectivity index (χ1v) is 5.85. The van der Waals surface area contributed by atoms with Crippen molar-refractivity contribution in [2.45, 2.75) is 13.5 Å². The van der Waals surface area contributed by atoms with E-state index in [9.17, 15) is 0 Å². The average molecular weight is 225 g/mol. The lowest BCUT2D eigenvalue weighted by Crippen LogP contribution is -2.21. The van der Waals surface area contributed by atoms with Gasteiger partial charge in [-0.3, -0.25) is 0 Å². The molecule has 0 N–H and O–H groups in total. The fourth-order valence-electron chi connectivity index (χ4n) is 2.15. The molecule has 0 saturated carbocycles. The van der Waals surface area contributed by atoms with Crippen molar-refractivity contribution in [1.82, 2.24) is 0 Å². The maximum Gasteiger partial charge on any atom is 0.162 e. The number of anilines is 1. The molecule has 0 spiro atoms. The summed E-state index contributed by atoms with van der Waals surface area (Å²) >= 11 is 0. The van der Waals surface area contributed by atoms with Gasteiger partial charge < -0.3 is 9.64 Å². The largest absolute Gasteiger partial charge is 0.471 e. The SMILES string of the molecule is Cc1ccc2c(c1)N(Cc1ccccc1)CO2. The standard InChI is InChI=1S/C15H15NO/c1-12-7-8-15-14(9-12)16(11-17-15)10-13-5-3-2-4-6-13/h2-9H,10-11H2,1H3. The molecule has 86 valence electrons. The minimum absolute atomic E-state index is 0.647. The lowest BCUT2D eigenvalue weighted by Gasteiger charge is -2.16. The second-order valence-electron chi connectivity index (χ2n) is 4.43. The number of fused-ring (bicyclic) bond motifs is 1. The van der Waals surface area contributed by atoms with Gasteiger partial charge in [0, 0.05) is 6.54 Å².